The minimum atomic E-state index is -1.36. The maximum atomic E-state index is 11.2. The Morgan fingerprint density at radius 1 is 1.48 bits per heavy atom. The first kappa shape index (κ1) is 15.2. The Balaban J connectivity index is 2.38. The zero-order valence-electron chi connectivity index (χ0n) is 11.4. The van der Waals surface area contributed by atoms with Crippen molar-refractivity contribution in [3.8, 4) is 0 Å². The summed E-state index contributed by atoms with van der Waals surface area (Å²) in [5, 5.41) is 29.1. The number of carbonyl (C=O) groups is 1. The van der Waals surface area contributed by atoms with E-state index < -0.39 is 16.6 Å². The maximum Gasteiger partial charge on any atom is 0.342 e. The molecule has 0 spiro atoms. The molecule has 0 atom stereocenters. The van der Waals surface area contributed by atoms with Crippen molar-refractivity contribution in [2.75, 3.05) is 18.1 Å². The molecule has 1 heterocycles. The van der Waals surface area contributed by atoms with Crippen LogP contribution in [0.5, 0.6) is 0 Å². The number of carboxylic acid groups (broad SMARTS) is 1. The van der Waals surface area contributed by atoms with Crippen LogP contribution < -0.4 is 4.90 Å². The topological polar surface area (TPSA) is 117 Å². The summed E-state index contributed by atoms with van der Waals surface area (Å²) in [5.74, 6) is -1.00. The molecular formula is C13H17N3O5. The Kier molecular flexibility index (Phi) is 4.69. The highest BCUT2D eigenvalue weighted by Gasteiger charge is 2.27. The Hall–Kier alpha value is -2.22. The van der Waals surface area contributed by atoms with Crippen molar-refractivity contribution in [1.82, 2.24) is 4.98 Å². The van der Waals surface area contributed by atoms with E-state index in [1.807, 2.05) is 4.90 Å². The lowest BCUT2D eigenvalue weighted by Gasteiger charge is -2.29. The number of hydrogen-bond acceptors (Lipinski definition) is 6. The summed E-state index contributed by atoms with van der Waals surface area (Å²) in [6, 6.07) is 1.40. The molecule has 0 unspecified atom stereocenters. The molecule has 0 aromatic carbocycles. The smallest absolute Gasteiger partial charge is 0.342 e. The first-order valence-electron chi connectivity index (χ1n) is 6.80. The minimum absolute atomic E-state index is 0.0857. The van der Waals surface area contributed by atoms with E-state index in [1.165, 1.54) is 6.07 Å². The van der Waals surface area contributed by atoms with E-state index in [0.717, 1.165) is 31.9 Å². The standard InChI is InChI=1S/C13H17N3O5/c17-6-5-15(9-3-1-2-4-9)12-7-10(13(18)19)11(8-14-12)16(20)21/h7-9,17H,1-6H2,(H,18,19). The molecule has 1 saturated carbocycles. The van der Waals surface area contributed by atoms with Gasteiger partial charge in [0.25, 0.3) is 0 Å². The predicted molar refractivity (Wildman–Crippen MR) is 74.5 cm³/mol. The highest BCUT2D eigenvalue weighted by atomic mass is 16.6. The fourth-order valence-electron chi connectivity index (χ4n) is 2.72. The lowest BCUT2D eigenvalue weighted by atomic mass is 10.1. The average Bonchev–Trinajstić information content (AvgIpc) is 2.97. The summed E-state index contributed by atoms with van der Waals surface area (Å²) in [4.78, 5) is 27.1. The van der Waals surface area contributed by atoms with Crippen molar-refractivity contribution in [2.45, 2.75) is 31.7 Å². The molecule has 114 valence electrons. The molecule has 1 aromatic rings. The Bertz CT molecular complexity index is 543. The first-order chi connectivity index (χ1) is 10.0. The molecule has 1 fully saturated rings. The third-order valence-corrected chi connectivity index (χ3v) is 3.70. The van der Waals surface area contributed by atoms with Gasteiger partial charge in [0.05, 0.1) is 11.5 Å². The third-order valence-electron chi connectivity index (χ3n) is 3.70. The van der Waals surface area contributed by atoms with Crippen LogP contribution in [0.1, 0.15) is 36.0 Å². The monoisotopic (exact) mass is 295 g/mol. The van der Waals surface area contributed by atoms with Crippen LogP contribution in [-0.4, -0.2) is 45.3 Å². The van der Waals surface area contributed by atoms with Crippen molar-refractivity contribution in [1.29, 1.82) is 0 Å². The summed E-state index contributed by atoms with van der Waals surface area (Å²) in [6.07, 6.45) is 5.01. The maximum absolute atomic E-state index is 11.2. The Labute approximate surface area is 121 Å². The molecule has 1 aromatic heterocycles. The summed E-state index contributed by atoms with van der Waals surface area (Å²) in [7, 11) is 0. The summed E-state index contributed by atoms with van der Waals surface area (Å²) >= 11 is 0. The van der Waals surface area contributed by atoms with Gasteiger partial charge < -0.3 is 15.1 Å². The van der Waals surface area contributed by atoms with E-state index in [2.05, 4.69) is 4.98 Å². The SMILES string of the molecule is O=C(O)c1cc(N(CCO)C2CCCC2)ncc1[N+](=O)[O-]. The van der Waals surface area contributed by atoms with Crippen LogP contribution >= 0.6 is 0 Å². The fourth-order valence-corrected chi connectivity index (χ4v) is 2.72. The molecule has 2 rings (SSSR count). The van der Waals surface area contributed by atoms with Gasteiger partial charge in [0.2, 0.25) is 0 Å². The van der Waals surface area contributed by atoms with Gasteiger partial charge in [-0.1, -0.05) is 12.8 Å². The molecule has 0 amide bonds. The number of carboxylic acids is 1. The van der Waals surface area contributed by atoms with Gasteiger partial charge in [0, 0.05) is 18.7 Å². The molecule has 0 saturated heterocycles. The largest absolute Gasteiger partial charge is 0.477 e. The molecule has 8 heteroatoms. The number of hydrogen-bond donors (Lipinski definition) is 2. The van der Waals surface area contributed by atoms with Crippen LogP contribution in [0.15, 0.2) is 12.3 Å². The van der Waals surface area contributed by atoms with Gasteiger partial charge >= 0.3 is 11.7 Å². The number of aliphatic hydroxyl groups is 1. The Morgan fingerprint density at radius 2 is 2.14 bits per heavy atom. The normalized spacial score (nSPS) is 15.1. The van der Waals surface area contributed by atoms with Gasteiger partial charge in [0.15, 0.2) is 0 Å². The Morgan fingerprint density at radius 3 is 2.67 bits per heavy atom. The van der Waals surface area contributed by atoms with E-state index in [-0.39, 0.29) is 18.2 Å². The van der Waals surface area contributed by atoms with E-state index in [0.29, 0.717) is 12.4 Å². The number of nitro groups is 1. The van der Waals surface area contributed by atoms with Crippen molar-refractivity contribution in [3.05, 3.63) is 27.9 Å². The van der Waals surface area contributed by atoms with Crippen LogP contribution in [0.2, 0.25) is 0 Å². The lowest BCUT2D eigenvalue weighted by molar-refractivity contribution is -0.385. The molecule has 8 nitrogen and oxygen atoms in total. The molecule has 1 aliphatic rings. The van der Waals surface area contributed by atoms with Gasteiger partial charge in [-0.2, -0.15) is 0 Å². The van der Waals surface area contributed by atoms with Gasteiger partial charge in [-0.15, -0.1) is 0 Å². The van der Waals surface area contributed by atoms with Crippen molar-refractivity contribution >= 4 is 17.5 Å². The second-order valence-electron chi connectivity index (χ2n) is 4.98. The van der Waals surface area contributed by atoms with Crippen molar-refractivity contribution in [3.63, 3.8) is 0 Å². The van der Waals surface area contributed by atoms with Crippen LogP contribution in [0.25, 0.3) is 0 Å². The van der Waals surface area contributed by atoms with Gasteiger partial charge in [-0.05, 0) is 12.8 Å². The molecule has 1 aliphatic carbocycles. The first-order valence-corrected chi connectivity index (χ1v) is 6.80. The van der Waals surface area contributed by atoms with E-state index in [9.17, 15) is 20.0 Å². The van der Waals surface area contributed by atoms with E-state index in [1.54, 1.807) is 0 Å². The average molecular weight is 295 g/mol. The molecule has 0 radical (unpaired) electrons. The zero-order valence-corrected chi connectivity index (χ0v) is 11.4. The predicted octanol–water partition coefficient (Wildman–Crippen LogP) is 1.43. The second kappa shape index (κ2) is 6.49. The number of aromatic carboxylic acids is 1. The van der Waals surface area contributed by atoms with Crippen LogP contribution in [0.3, 0.4) is 0 Å². The zero-order chi connectivity index (χ0) is 15.4. The molecule has 2 N–H and O–H groups in total. The van der Waals surface area contributed by atoms with Gasteiger partial charge in [0.1, 0.15) is 17.6 Å². The van der Waals surface area contributed by atoms with Crippen LogP contribution in [0.4, 0.5) is 11.5 Å². The van der Waals surface area contributed by atoms with Gasteiger partial charge in [-0.25, -0.2) is 9.78 Å². The molecule has 0 bridgehead atoms. The quantitative estimate of drug-likeness (QED) is 0.602. The third kappa shape index (κ3) is 3.27. The number of rotatable bonds is 6. The van der Waals surface area contributed by atoms with Crippen molar-refractivity contribution < 1.29 is 19.9 Å². The summed E-state index contributed by atoms with van der Waals surface area (Å²) < 4.78 is 0. The molecule has 21 heavy (non-hydrogen) atoms. The van der Waals surface area contributed by atoms with E-state index >= 15 is 0 Å². The number of nitrogens with zero attached hydrogens (tertiary/aromatic N) is 3. The number of aliphatic hydroxyl groups excluding tert-OH is 1. The van der Waals surface area contributed by atoms with Crippen LogP contribution in [-0.2, 0) is 0 Å². The number of pyridine rings is 1. The lowest BCUT2D eigenvalue weighted by Crippen LogP contribution is -2.36. The second-order valence-corrected chi connectivity index (χ2v) is 4.98. The van der Waals surface area contributed by atoms with E-state index in [4.69, 9.17) is 5.11 Å². The van der Waals surface area contributed by atoms with Crippen LogP contribution in [0, 0.1) is 10.1 Å². The number of anilines is 1. The summed E-state index contributed by atoms with van der Waals surface area (Å²) in [5.41, 5.74) is -0.910. The number of aromatic nitrogens is 1. The molecule has 0 aliphatic heterocycles. The minimum Gasteiger partial charge on any atom is -0.477 e. The summed E-state index contributed by atoms with van der Waals surface area (Å²) in [6.45, 7) is 0.242. The van der Waals surface area contributed by atoms with Gasteiger partial charge in [-0.3, -0.25) is 10.1 Å². The fraction of sp³-hybridized carbons (Fsp3) is 0.538. The highest BCUT2D eigenvalue weighted by Crippen LogP contribution is 2.29. The van der Waals surface area contributed by atoms with Crippen molar-refractivity contribution in [2.24, 2.45) is 0 Å². The molecular weight excluding hydrogens is 278 g/mol. The highest BCUT2D eigenvalue weighted by molar-refractivity contribution is 5.93.